The van der Waals surface area contributed by atoms with Gasteiger partial charge in [0.25, 0.3) is 0 Å². The van der Waals surface area contributed by atoms with Crippen molar-refractivity contribution >= 4 is 45.8 Å². The minimum atomic E-state index is -1.49. The molecule has 1 aliphatic rings. The van der Waals surface area contributed by atoms with Crippen molar-refractivity contribution in [2.24, 2.45) is 0 Å². The van der Waals surface area contributed by atoms with Crippen molar-refractivity contribution in [3.05, 3.63) is 88.8 Å². The van der Waals surface area contributed by atoms with Crippen LogP contribution in [0.15, 0.2) is 60.8 Å². The lowest BCUT2D eigenvalue weighted by molar-refractivity contribution is -0.137. The van der Waals surface area contributed by atoms with Crippen LogP contribution in [-0.2, 0) is 16.1 Å². The number of carbonyl (C=O) groups is 3. The number of ketones is 1. The third kappa shape index (κ3) is 5.06. The number of likely N-dealkylation sites (tertiary alicyclic amines) is 1. The number of rotatable bonds is 6. The number of halogens is 5. The Morgan fingerprint density at radius 3 is 2.52 bits per heavy atom. The summed E-state index contributed by atoms with van der Waals surface area (Å²) >= 11 is 5.92. The number of hydrogen-bond donors (Lipinski definition) is 1. The van der Waals surface area contributed by atoms with Gasteiger partial charge < -0.3 is 14.8 Å². The Labute approximate surface area is 231 Å². The van der Waals surface area contributed by atoms with Crippen molar-refractivity contribution in [2.45, 2.75) is 32.1 Å². The van der Waals surface area contributed by atoms with Crippen LogP contribution in [0.5, 0.6) is 0 Å². The lowest BCUT2D eigenvalue weighted by Crippen LogP contribution is -2.44. The van der Waals surface area contributed by atoms with Gasteiger partial charge in [0.15, 0.2) is 11.6 Å². The lowest BCUT2D eigenvalue weighted by Gasteiger charge is -2.24. The standard InChI is InChI=1S/C29H22ClF4N3O3/c1-15(38)21-13-36(24-8-3-2-5-18(21)24)14-26(39)37-12-17(32)11-25(37)29(40)35-23-7-4-6-19(28(23)34)20-9-16(31)10-22(33)27(20)30/h2-10,13,17,25H,11-12,14H2,1H3,(H,35,40)/t17-,25+/m1/s1. The van der Waals surface area contributed by atoms with Gasteiger partial charge in [0.1, 0.15) is 30.4 Å². The molecule has 0 saturated carbocycles. The lowest BCUT2D eigenvalue weighted by atomic mass is 10.0. The van der Waals surface area contributed by atoms with E-state index in [1.165, 1.54) is 25.1 Å². The molecule has 2 amide bonds. The van der Waals surface area contributed by atoms with E-state index >= 15 is 4.39 Å². The van der Waals surface area contributed by atoms with Crippen LogP contribution in [0.2, 0.25) is 5.02 Å². The van der Waals surface area contributed by atoms with Crippen LogP contribution in [0, 0.1) is 17.5 Å². The second kappa shape index (κ2) is 10.8. The summed E-state index contributed by atoms with van der Waals surface area (Å²) in [6, 6.07) is 11.0. The molecule has 0 bridgehead atoms. The summed E-state index contributed by atoms with van der Waals surface area (Å²) in [5.74, 6) is -4.63. The van der Waals surface area contributed by atoms with Crippen LogP contribution in [0.1, 0.15) is 23.7 Å². The van der Waals surface area contributed by atoms with E-state index in [2.05, 4.69) is 5.32 Å². The molecule has 1 aliphatic heterocycles. The first-order valence-electron chi connectivity index (χ1n) is 12.3. The van der Waals surface area contributed by atoms with Gasteiger partial charge in [-0.1, -0.05) is 41.9 Å². The van der Waals surface area contributed by atoms with E-state index in [1.807, 2.05) is 0 Å². The molecule has 6 nitrogen and oxygen atoms in total. The average Bonchev–Trinajstić information content (AvgIpc) is 3.48. The van der Waals surface area contributed by atoms with Crippen LogP contribution in [0.3, 0.4) is 0 Å². The minimum absolute atomic E-state index is 0.184. The zero-order valence-electron chi connectivity index (χ0n) is 21.1. The highest BCUT2D eigenvalue weighted by atomic mass is 35.5. The number of hydrogen-bond acceptors (Lipinski definition) is 3. The molecule has 0 unspecified atom stereocenters. The fraction of sp³-hybridized carbons (Fsp3) is 0.207. The molecule has 0 spiro atoms. The molecule has 3 aromatic carbocycles. The van der Waals surface area contributed by atoms with Gasteiger partial charge in [-0.2, -0.15) is 0 Å². The molecule has 40 heavy (non-hydrogen) atoms. The maximum absolute atomic E-state index is 15.4. The fourth-order valence-corrected chi connectivity index (χ4v) is 5.22. The summed E-state index contributed by atoms with van der Waals surface area (Å²) < 4.78 is 59.2. The molecule has 206 valence electrons. The molecule has 1 N–H and O–H groups in total. The maximum atomic E-state index is 15.4. The van der Waals surface area contributed by atoms with Gasteiger partial charge in [-0.3, -0.25) is 14.4 Å². The monoisotopic (exact) mass is 571 g/mol. The second-order valence-corrected chi connectivity index (χ2v) is 9.92. The number of alkyl halides is 1. The van der Waals surface area contributed by atoms with Gasteiger partial charge in [0.2, 0.25) is 11.8 Å². The van der Waals surface area contributed by atoms with Gasteiger partial charge in [0.05, 0.1) is 17.3 Å². The Morgan fingerprint density at radius 2 is 1.77 bits per heavy atom. The van der Waals surface area contributed by atoms with E-state index in [1.54, 1.807) is 35.0 Å². The third-order valence-electron chi connectivity index (χ3n) is 6.89. The van der Waals surface area contributed by atoms with Crippen LogP contribution in [-0.4, -0.2) is 45.8 Å². The Hall–Kier alpha value is -4.18. The SMILES string of the molecule is CC(=O)c1cn(CC(=O)N2C[C@H](F)C[C@H]2C(=O)Nc2cccc(-c3cc(F)cc(F)c3Cl)c2F)c2ccccc12. The highest BCUT2D eigenvalue weighted by Gasteiger charge is 2.40. The first-order valence-corrected chi connectivity index (χ1v) is 12.7. The Bertz CT molecular complexity index is 1670. The van der Waals surface area contributed by atoms with Gasteiger partial charge in [-0.05, 0) is 25.1 Å². The van der Waals surface area contributed by atoms with Crippen molar-refractivity contribution in [3.8, 4) is 11.1 Å². The zero-order chi connectivity index (χ0) is 28.7. The molecule has 1 aromatic heterocycles. The van der Waals surface area contributed by atoms with Crippen molar-refractivity contribution in [2.75, 3.05) is 11.9 Å². The zero-order valence-corrected chi connectivity index (χ0v) is 21.8. The Balaban J connectivity index is 1.39. The topological polar surface area (TPSA) is 71.4 Å². The molecular weight excluding hydrogens is 550 g/mol. The summed E-state index contributed by atoms with van der Waals surface area (Å²) in [6.07, 6.45) is -0.242. The van der Waals surface area contributed by atoms with Gasteiger partial charge >= 0.3 is 0 Å². The number of amides is 2. The van der Waals surface area contributed by atoms with Crippen molar-refractivity contribution < 1.29 is 31.9 Å². The molecule has 1 saturated heterocycles. The molecule has 2 heterocycles. The Morgan fingerprint density at radius 1 is 1.02 bits per heavy atom. The van der Waals surface area contributed by atoms with E-state index < -0.39 is 46.5 Å². The number of aromatic nitrogens is 1. The smallest absolute Gasteiger partial charge is 0.247 e. The third-order valence-corrected chi connectivity index (χ3v) is 7.27. The molecule has 11 heteroatoms. The summed E-state index contributed by atoms with van der Waals surface area (Å²) in [5.41, 5.74) is 0.212. The first kappa shape index (κ1) is 27.4. The highest BCUT2D eigenvalue weighted by molar-refractivity contribution is 6.33. The highest BCUT2D eigenvalue weighted by Crippen LogP contribution is 2.35. The summed E-state index contributed by atoms with van der Waals surface area (Å²) in [4.78, 5) is 39.6. The van der Waals surface area contributed by atoms with Crippen molar-refractivity contribution in [1.29, 1.82) is 0 Å². The molecule has 2 atom stereocenters. The van der Waals surface area contributed by atoms with E-state index in [4.69, 9.17) is 11.6 Å². The largest absolute Gasteiger partial charge is 0.337 e. The summed E-state index contributed by atoms with van der Waals surface area (Å²) in [6.45, 7) is 0.823. The average molecular weight is 572 g/mol. The quantitative estimate of drug-likeness (QED) is 0.171. The Kier molecular flexibility index (Phi) is 7.37. The molecule has 0 radical (unpaired) electrons. The normalized spacial score (nSPS) is 16.9. The summed E-state index contributed by atoms with van der Waals surface area (Å²) in [7, 11) is 0. The predicted octanol–water partition coefficient (Wildman–Crippen LogP) is 6.16. The molecule has 1 fully saturated rings. The first-order chi connectivity index (χ1) is 19.0. The number of carbonyl (C=O) groups excluding carboxylic acids is 3. The molecule has 5 rings (SSSR count). The summed E-state index contributed by atoms with van der Waals surface area (Å²) in [5, 5.41) is 2.54. The van der Waals surface area contributed by atoms with Crippen LogP contribution < -0.4 is 5.32 Å². The van der Waals surface area contributed by atoms with Crippen molar-refractivity contribution in [3.63, 3.8) is 0 Å². The van der Waals surface area contributed by atoms with E-state index in [0.717, 1.165) is 11.0 Å². The van der Waals surface area contributed by atoms with Crippen LogP contribution >= 0.6 is 11.6 Å². The molecular formula is C29H22ClF4N3O3. The number of anilines is 1. The number of benzene rings is 3. The van der Waals surface area contributed by atoms with Gasteiger partial charge in [0, 0.05) is 46.3 Å². The second-order valence-electron chi connectivity index (χ2n) is 9.54. The van der Waals surface area contributed by atoms with E-state index in [-0.39, 0.29) is 42.1 Å². The van der Waals surface area contributed by atoms with Crippen molar-refractivity contribution in [1.82, 2.24) is 9.47 Å². The number of para-hydroxylation sites is 1. The van der Waals surface area contributed by atoms with Gasteiger partial charge in [-0.25, -0.2) is 17.6 Å². The van der Waals surface area contributed by atoms with Gasteiger partial charge in [-0.15, -0.1) is 0 Å². The number of fused-ring (bicyclic) bond motifs is 1. The number of nitrogens with one attached hydrogen (secondary N) is 1. The molecule has 0 aliphatic carbocycles. The van der Waals surface area contributed by atoms with Crippen LogP contribution in [0.25, 0.3) is 22.0 Å². The fourth-order valence-electron chi connectivity index (χ4n) is 5.01. The van der Waals surface area contributed by atoms with Crippen LogP contribution in [0.4, 0.5) is 23.2 Å². The van der Waals surface area contributed by atoms with E-state index in [0.29, 0.717) is 22.5 Å². The number of Topliss-reactive ketones (excluding diaryl/α,β-unsaturated/α-hetero) is 1. The maximum Gasteiger partial charge on any atom is 0.247 e. The number of nitrogens with zero attached hydrogens (tertiary/aromatic N) is 2. The minimum Gasteiger partial charge on any atom is -0.337 e. The van der Waals surface area contributed by atoms with E-state index in [9.17, 15) is 27.6 Å². The molecule has 4 aromatic rings. The predicted molar refractivity (Wildman–Crippen MR) is 142 cm³/mol.